The fourth-order valence-corrected chi connectivity index (χ4v) is 1.77. The van der Waals surface area contributed by atoms with Gasteiger partial charge in [0.05, 0.1) is 0 Å². The topological polar surface area (TPSA) is 37.4 Å². The number of likely N-dealkylation sites (N-methyl/N-ethyl adjacent to an activating group) is 1. The highest BCUT2D eigenvalue weighted by Crippen LogP contribution is 2.23. The van der Waals surface area contributed by atoms with Gasteiger partial charge in [0.1, 0.15) is 0 Å². The first-order chi connectivity index (χ1) is 6.59. The SMILES string of the molecule is CC1=C(CCCCS)C(=O)N(C)C1=O. The van der Waals surface area contributed by atoms with Gasteiger partial charge in [0, 0.05) is 18.2 Å². The minimum absolute atomic E-state index is 0.133. The van der Waals surface area contributed by atoms with E-state index in [2.05, 4.69) is 12.6 Å². The van der Waals surface area contributed by atoms with Crippen molar-refractivity contribution in [2.75, 3.05) is 12.8 Å². The van der Waals surface area contributed by atoms with E-state index in [1.54, 1.807) is 6.92 Å². The minimum Gasteiger partial charge on any atom is -0.278 e. The monoisotopic (exact) mass is 213 g/mol. The molecule has 0 radical (unpaired) electrons. The third kappa shape index (κ3) is 2.00. The molecule has 3 nitrogen and oxygen atoms in total. The Hall–Kier alpha value is -0.770. The van der Waals surface area contributed by atoms with Gasteiger partial charge >= 0.3 is 0 Å². The predicted octanol–water partition coefficient (Wildman–Crippen LogP) is 1.40. The van der Waals surface area contributed by atoms with E-state index in [0.29, 0.717) is 17.6 Å². The summed E-state index contributed by atoms with van der Waals surface area (Å²) < 4.78 is 0. The maximum absolute atomic E-state index is 11.5. The summed E-state index contributed by atoms with van der Waals surface area (Å²) in [6, 6.07) is 0. The lowest BCUT2D eigenvalue weighted by molar-refractivity contribution is -0.135. The van der Waals surface area contributed by atoms with Crippen molar-refractivity contribution < 1.29 is 9.59 Å². The van der Waals surface area contributed by atoms with Crippen molar-refractivity contribution >= 4 is 24.4 Å². The number of carbonyl (C=O) groups excluding carboxylic acids is 2. The van der Waals surface area contributed by atoms with Crippen molar-refractivity contribution in [3.8, 4) is 0 Å². The molecule has 0 spiro atoms. The Morgan fingerprint density at radius 3 is 2.29 bits per heavy atom. The molecule has 0 aromatic rings. The number of amides is 2. The highest BCUT2D eigenvalue weighted by molar-refractivity contribution is 7.80. The summed E-state index contributed by atoms with van der Waals surface area (Å²) in [7, 11) is 1.53. The van der Waals surface area contributed by atoms with Crippen LogP contribution in [0.3, 0.4) is 0 Å². The molecular weight excluding hydrogens is 198 g/mol. The Balaban J connectivity index is 2.67. The molecule has 0 aromatic carbocycles. The van der Waals surface area contributed by atoms with Crippen molar-refractivity contribution in [3.63, 3.8) is 0 Å². The number of thiol groups is 1. The van der Waals surface area contributed by atoms with Gasteiger partial charge in [-0.05, 0) is 31.9 Å². The van der Waals surface area contributed by atoms with Crippen LogP contribution in [-0.2, 0) is 9.59 Å². The quantitative estimate of drug-likeness (QED) is 0.435. The van der Waals surface area contributed by atoms with Crippen LogP contribution in [0.4, 0.5) is 0 Å². The zero-order valence-electron chi connectivity index (χ0n) is 8.54. The molecule has 0 aromatic heterocycles. The van der Waals surface area contributed by atoms with Gasteiger partial charge in [-0.25, -0.2) is 0 Å². The molecule has 0 N–H and O–H groups in total. The number of hydrogen-bond acceptors (Lipinski definition) is 3. The highest BCUT2D eigenvalue weighted by atomic mass is 32.1. The molecule has 1 aliphatic heterocycles. The predicted molar refractivity (Wildman–Crippen MR) is 58.2 cm³/mol. The molecule has 4 heteroatoms. The van der Waals surface area contributed by atoms with Gasteiger partial charge in [0.25, 0.3) is 11.8 Å². The molecular formula is C10H15NO2S. The van der Waals surface area contributed by atoms with E-state index < -0.39 is 0 Å². The average Bonchev–Trinajstić information content (AvgIpc) is 2.35. The fourth-order valence-electron chi connectivity index (χ4n) is 1.54. The second-order valence-corrected chi connectivity index (χ2v) is 3.90. The van der Waals surface area contributed by atoms with Crippen LogP contribution in [0.25, 0.3) is 0 Å². The molecule has 0 atom stereocenters. The first-order valence-corrected chi connectivity index (χ1v) is 5.35. The van der Waals surface area contributed by atoms with Gasteiger partial charge < -0.3 is 0 Å². The zero-order valence-corrected chi connectivity index (χ0v) is 9.43. The maximum atomic E-state index is 11.5. The fraction of sp³-hybridized carbons (Fsp3) is 0.600. The van der Waals surface area contributed by atoms with E-state index in [1.807, 2.05) is 0 Å². The lowest BCUT2D eigenvalue weighted by Gasteiger charge is -2.06. The molecule has 14 heavy (non-hydrogen) atoms. The summed E-state index contributed by atoms with van der Waals surface area (Å²) in [6.45, 7) is 1.72. The van der Waals surface area contributed by atoms with Gasteiger partial charge in [-0.3, -0.25) is 14.5 Å². The lowest BCUT2D eigenvalue weighted by Crippen LogP contribution is -2.26. The largest absolute Gasteiger partial charge is 0.278 e. The smallest absolute Gasteiger partial charge is 0.256 e. The Labute approximate surface area is 89.6 Å². The molecule has 0 aliphatic carbocycles. The summed E-state index contributed by atoms with van der Waals surface area (Å²) in [5.74, 6) is 0.534. The van der Waals surface area contributed by atoms with E-state index in [4.69, 9.17) is 0 Å². The summed E-state index contributed by atoms with van der Waals surface area (Å²) in [5, 5.41) is 0. The molecule has 0 saturated heterocycles. The number of hydrogen-bond donors (Lipinski definition) is 1. The minimum atomic E-state index is -0.157. The van der Waals surface area contributed by atoms with Gasteiger partial charge in [-0.1, -0.05) is 0 Å². The van der Waals surface area contributed by atoms with Crippen LogP contribution < -0.4 is 0 Å². The average molecular weight is 213 g/mol. The lowest BCUT2D eigenvalue weighted by atomic mass is 10.1. The number of carbonyl (C=O) groups is 2. The van der Waals surface area contributed by atoms with Gasteiger partial charge in [0.2, 0.25) is 0 Å². The van der Waals surface area contributed by atoms with Crippen LogP contribution >= 0.6 is 12.6 Å². The van der Waals surface area contributed by atoms with Gasteiger partial charge in [-0.2, -0.15) is 12.6 Å². The Morgan fingerprint density at radius 1 is 1.21 bits per heavy atom. The Bertz CT molecular complexity index is 296. The summed E-state index contributed by atoms with van der Waals surface area (Å²) in [5.41, 5.74) is 1.29. The molecule has 1 rings (SSSR count). The van der Waals surface area contributed by atoms with Crippen LogP contribution in [-0.4, -0.2) is 29.5 Å². The van der Waals surface area contributed by atoms with E-state index in [-0.39, 0.29) is 11.8 Å². The number of nitrogens with zero attached hydrogens (tertiary/aromatic N) is 1. The summed E-state index contributed by atoms with van der Waals surface area (Å²) in [6.07, 6.45) is 2.59. The van der Waals surface area contributed by atoms with E-state index in [0.717, 1.165) is 18.6 Å². The van der Waals surface area contributed by atoms with E-state index >= 15 is 0 Å². The molecule has 1 aliphatic rings. The molecule has 0 unspecified atom stereocenters. The third-order valence-corrected chi connectivity index (χ3v) is 2.79. The second kappa shape index (κ2) is 4.64. The molecule has 78 valence electrons. The van der Waals surface area contributed by atoms with Crippen LogP contribution in [0.5, 0.6) is 0 Å². The van der Waals surface area contributed by atoms with Crippen molar-refractivity contribution in [2.24, 2.45) is 0 Å². The Kier molecular flexibility index (Phi) is 3.75. The highest BCUT2D eigenvalue weighted by Gasteiger charge is 2.31. The van der Waals surface area contributed by atoms with E-state index in [1.165, 1.54) is 11.9 Å². The van der Waals surface area contributed by atoms with Crippen molar-refractivity contribution in [2.45, 2.75) is 26.2 Å². The van der Waals surface area contributed by atoms with Gasteiger partial charge in [-0.15, -0.1) is 0 Å². The molecule has 0 fully saturated rings. The first-order valence-electron chi connectivity index (χ1n) is 4.72. The zero-order chi connectivity index (χ0) is 10.7. The Morgan fingerprint density at radius 2 is 1.86 bits per heavy atom. The van der Waals surface area contributed by atoms with Gasteiger partial charge in [0.15, 0.2) is 0 Å². The van der Waals surface area contributed by atoms with Crippen LogP contribution in [0.2, 0.25) is 0 Å². The van der Waals surface area contributed by atoms with Crippen LogP contribution in [0.15, 0.2) is 11.1 Å². The molecule has 0 bridgehead atoms. The maximum Gasteiger partial charge on any atom is 0.256 e. The number of imide groups is 1. The third-order valence-electron chi connectivity index (χ3n) is 2.48. The van der Waals surface area contributed by atoms with Crippen LogP contribution in [0, 0.1) is 0 Å². The molecule has 2 amide bonds. The van der Waals surface area contributed by atoms with Crippen LogP contribution in [0.1, 0.15) is 26.2 Å². The molecule has 1 heterocycles. The second-order valence-electron chi connectivity index (χ2n) is 3.45. The van der Waals surface area contributed by atoms with E-state index in [9.17, 15) is 9.59 Å². The normalized spacial score (nSPS) is 17.2. The summed E-state index contributed by atoms with van der Waals surface area (Å²) in [4.78, 5) is 24.1. The van der Waals surface area contributed by atoms with Crippen molar-refractivity contribution in [1.29, 1.82) is 0 Å². The summed E-state index contributed by atoms with van der Waals surface area (Å²) >= 11 is 4.10. The standard InChI is InChI=1S/C10H15NO2S/c1-7-8(5-3-4-6-14)10(13)11(2)9(7)12/h14H,3-6H2,1-2H3. The number of unbranched alkanes of at least 4 members (excludes halogenated alkanes) is 1. The van der Waals surface area contributed by atoms with Crippen molar-refractivity contribution in [3.05, 3.63) is 11.1 Å². The van der Waals surface area contributed by atoms with Crippen molar-refractivity contribution in [1.82, 2.24) is 4.90 Å². The first kappa shape index (κ1) is 11.3. The number of rotatable bonds is 4. The molecule has 0 saturated carbocycles.